The van der Waals surface area contributed by atoms with Crippen molar-refractivity contribution in [2.75, 3.05) is 31.8 Å². The number of benzene rings is 1. The molecule has 2 aromatic rings. The van der Waals surface area contributed by atoms with E-state index in [1.165, 1.54) is 0 Å². The highest BCUT2D eigenvalue weighted by molar-refractivity contribution is 7.08. The largest absolute Gasteiger partial charge is 0.496 e. The summed E-state index contributed by atoms with van der Waals surface area (Å²) in [5, 5.41) is 8.62. The first-order valence-electron chi connectivity index (χ1n) is 12.4. The molecular formula is C27H30N4O5S. The van der Waals surface area contributed by atoms with E-state index in [-0.39, 0.29) is 12.5 Å². The van der Waals surface area contributed by atoms with Gasteiger partial charge in [0.05, 0.1) is 18.5 Å². The molecule has 3 aliphatic heterocycles. The summed E-state index contributed by atoms with van der Waals surface area (Å²) in [4.78, 5) is 38.2. The number of nitroso groups, excluding NO2 is 1. The van der Waals surface area contributed by atoms with Gasteiger partial charge in [-0.05, 0) is 50.6 Å². The topological polar surface area (TPSA) is 101 Å². The zero-order valence-corrected chi connectivity index (χ0v) is 22.0. The van der Waals surface area contributed by atoms with Crippen LogP contribution in [0.5, 0.6) is 11.5 Å². The molecule has 1 N–H and O–H groups in total. The lowest BCUT2D eigenvalue weighted by atomic mass is 9.96. The molecule has 0 saturated carbocycles. The number of thiophene rings is 1. The minimum absolute atomic E-state index is 0.0672. The molecule has 194 valence electrons. The third-order valence-electron chi connectivity index (χ3n) is 7.04. The number of carbonyl (C=O) groups is 2. The Balaban J connectivity index is 1.52. The van der Waals surface area contributed by atoms with Crippen LogP contribution in [0.15, 0.2) is 45.3 Å². The van der Waals surface area contributed by atoms with Crippen LogP contribution >= 0.6 is 11.3 Å². The van der Waals surface area contributed by atoms with Crippen molar-refractivity contribution in [3.05, 3.63) is 56.1 Å². The smallest absolute Gasteiger partial charge is 0.289 e. The van der Waals surface area contributed by atoms with Crippen molar-refractivity contribution in [1.82, 2.24) is 10.3 Å². The van der Waals surface area contributed by atoms with Crippen LogP contribution in [0.2, 0.25) is 0 Å². The molecule has 37 heavy (non-hydrogen) atoms. The van der Waals surface area contributed by atoms with Gasteiger partial charge < -0.3 is 14.4 Å². The van der Waals surface area contributed by atoms with Gasteiger partial charge in [0.15, 0.2) is 0 Å². The number of amides is 2. The normalized spacial score (nSPS) is 20.9. The predicted octanol–water partition coefficient (Wildman–Crippen LogP) is 4.60. The lowest BCUT2D eigenvalue weighted by Crippen LogP contribution is -2.49. The molecule has 1 aromatic carbocycles. The van der Waals surface area contributed by atoms with Gasteiger partial charge in [-0.1, -0.05) is 11.6 Å². The van der Waals surface area contributed by atoms with Crippen molar-refractivity contribution < 1.29 is 19.1 Å². The summed E-state index contributed by atoms with van der Waals surface area (Å²) in [6.45, 7) is 5.27. The molecule has 2 unspecified atom stereocenters. The van der Waals surface area contributed by atoms with Crippen LogP contribution in [-0.2, 0) is 9.59 Å². The fraction of sp³-hybridized carbons (Fsp3) is 0.407. The highest BCUT2D eigenvalue weighted by Gasteiger charge is 2.43. The summed E-state index contributed by atoms with van der Waals surface area (Å²) in [5.74, 6) is 0.318. The standard InChI is InChI=1S/C27H30N4O5S/c1-16(2)11-18-12-20-23(13-22(18)35-3)36-14-21-24(28-31(25(20)21)19-7-10-37-15-19)27(33)30-8-4-5-17(6-9-30)26(32)29-34/h7,10-13,15,17,24,28H,4-6,8-9,14H2,1-3H3. The van der Waals surface area contributed by atoms with E-state index < -0.39 is 17.9 Å². The van der Waals surface area contributed by atoms with Crippen molar-refractivity contribution in [3.63, 3.8) is 0 Å². The molecule has 3 aliphatic rings. The molecule has 10 heteroatoms. The average Bonchev–Trinajstić information content (AvgIpc) is 3.49. The summed E-state index contributed by atoms with van der Waals surface area (Å²) >= 11 is 1.58. The van der Waals surface area contributed by atoms with E-state index >= 15 is 0 Å². The second-order valence-corrected chi connectivity index (χ2v) is 10.5. The summed E-state index contributed by atoms with van der Waals surface area (Å²) in [6.07, 6.45) is 3.72. The van der Waals surface area contributed by atoms with E-state index in [1.54, 1.807) is 23.3 Å². The Bertz CT molecular complexity index is 1280. The number of allylic oxidation sites excluding steroid dienone is 1. The highest BCUT2D eigenvalue weighted by Crippen LogP contribution is 2.44. The summed E-state index contributed by atoms with van der Waals surface area (Å²) < 4.78 is 11.8. The molecule has 0 spiro atoms. The molecule has 4 heterocycles. The second-order valence-electron chi connectivity index (χ2n) is 9.74. The van der Waals surface area contributed by atoms with Crippen molar-refractivity contribution in [3.8, 4) is 11.5 Å². The van der Waals surface area contributed by atoms with Crippen LogP contribution in [-0.4, -0.2) is 49.6 Å². The van der Waals surface area contributed by atoms with Crippen LogP contribution in [0.1, 0.15) is 44.2 Å². The third kappa shape index (κ3) is 4.78. The van der Waals surface area contributed by atoms with Crippen LogP contribution < -0.4 is 19.9 Å². The lowest BCUT2D eigenvalue weighted by Gasteiger charge is -2.26. The van der Waals surface area contributed by atoms with Gasteiger partial charge in [-0.3, -0.25) is 14.6 Å². The zero-order chi connectivity index (χ0) is 26.1. The molecule has 0 bridgehead atoms. The number of carbonyl (C=O) groups excluding carboxylic acids is 2. The van der Waals surface area contributed by atoms with Crippen LogP contribution in [0.3, 0.4) is 0 Å². The van der Waals surface area contributed by atoms with Crippen molar-refractivity contribution in [2.45, 2.75) is 39.2 Å². The number of hydrazine groups is 1. The number of ether oxygens (including phenoxy) is 2. The number of anilines is 1. The first-order valence-corrected chi connectivity index (χ1v) is 13.3. The van der Waals surface area contributed by atoms with Gasteiger partial charge in [-0.15, -0.1) is 4.91 Å². The summed E-state index contributed by atoms with van der Waals surface area (Å²) in [6, 6.07) is 5.37. The highest BCUT2D eigenvalue weighted by atomic mass is 32.1. The van der Waals surface area contributed by atoms with E-state index in [9.17, 15) is 14.5 Å². The van der Waals surface area contributed by atoms with Crippen molar-refractivity contribution in [1.29, 1.82) is 0 Å². The number of hydrogen-bond donors (Lipinski definition) is 1. The van der Waals surface area contributed by atoms with Gasteiger partial charge >= 0.3 is 0 Å². The fourth-order valence-corrected chi connectivity index (χ4v) is 5.87. The van der Waals surface area contributed by atoms with Crippen LogP contribution in [0.4, 0.5) is 5.69 Å². The van der Waals surface area contributed by atoms with Crippen molar-refractivity contribution >= 4 is 40.6 Å². The molecule has 9 nitrogen and oxygen atoms in total. The Labute approximate surface area is 219 Å². The van der Waals surface area contributed by atoms with E-state index in [2.05, 4.69) is 22.7 Å². The van der Waals surface area contributed by atoms with E-state index in [0.717, 1.165) is 39.4 Å². The minimum atomic E-state index is -0.623. The van der Waals surface area contributed by atoms with Gasteiger partial charge in [0, 0.05) is 52.3 Å². The van der Waals surface area contributed by atoms with E-state index in [1.807, 2.05) is 41.7 Å². The maximum absolute atomic E-state index is 13.8. The van der Waals surface area contributed by atoms with Crippen molar-refractivity contribution in [2.24, 2.45) is 11.1 Å². The number of fused-ring (bicyclic) bond motifs is 2. The first-order chi connectivity index (χ1) is 17.9. The molecule has 1 saturated heterocycles. The molecule has 2 atom stereocenters. The molecule has 5 rings (SSSR count). The number of likely N-dealkylation sites (tertiary alicyclic amines) is 1. The van der Waals surface area contributed by atoms with Gasteiger partial charge in [-0.25, -0.2) is 5.43 Å². The van der Waals surface area contributed by atoms with E-state index in [4.69, 9.17) is 9.47 Å². The Kier molecular flexibility index (Phi) is 7.12. The monoisotopic (exact) mass is 522 g/mol. The first kappa shape index (κ1) is 25.2. The number of methoxy groups -OCH3 is 1. The second kappa shape index (κ2) is 10.5. The van der Waals surface area contributed by atoms with Gasteiger partial charge in [0.1, 0.15) is 24.1 Å². The average molecular weight is 523 g/mol. The van der Waals surface area contributed by atoms with Gasteiger partial charge in [0.2, 0.25) is 5.91 Å². The fourth-order valence-electron chi connectivity index (χ4n) is 5.25. The quantitative estimate of drug-likeness (QED) is 0.573. The maximum Gasteiger partial charge on any atom is 0.289 e. The molecular weight excluding hydrogens is 492 g/mol. The predicted molar refractivity (Wildman–Crippen MR) is 143 cm³/mol. The molecule has 0 aliphatic carbocycles. The van der Waals surface area contributed by atoms with E-state index in [0.29, 0.717) is 38.1 Å². The summed E-state index contributed by atoms with van der Waals surface area (Å²) in [7, 11) is 1.64. The zero-order valence-electron chi connectivity index (χ0n) is 21.2. The Morgan fingerprint density at radius 1 is 1.24 bits per heavy atom. The number of nitrogens with one attached hydrogen (secondary N) is 1. The Morgan fingerprint density at radius 2 is 2.08 bits per heavy atom. The van der Waals surface area contributed by atoms with Gasteiger partial charge in [-0.2, -0.15) is 11.3 Å². The lowest BCUT2D eigenvalue weighted by molar-refractivity contribution is -0.132. The molecule has 1 aromatic heterocycles. The number of rotatable bonds is 5. The molecule has 1 fully saturated rings. The SMILES string of the molecule is COc1cc2c(cc1C=C(C)C)C1=C(CO2)C(C(=O)N2CCCC(C(=O)N=O)CC2)NN1c1ccsc1. The van der Waals surface area contributed by atoms with Crippen LogP contribution in [0, 0.1) is 10.8 Å². The minimum Gasteiger partial charge on any atom is -0.496 e. The molecule has 2 amide bonds. The number of hydrogen-bond acceptors (Lipinski definition) is 8. The third-order valence-corrected chi connectivity index (χ3v) is 7.71. The number of nitrogens with zero attached hydrogens (tertiary/aromatic N) is 3. The van der Waals surface area contributed by atoms with Gasteiger partial charge in [0.25, 0.3) is 5.91 Å². The molecule has 0 radical (unpaired) electrons. The Morgan fingerprint density at radius 3 is 2.78 bits per heavy atom. The maximum atomic E-state index is 13.8. The van der Waals surface area contributed by atoms with Crippen LogP contribution in [0.25, 0.3) is 11.8 Å². The summed E-state index contributed by atoms with van der Waals surface area (Å²) in [5.41, 5.74) is 9.13. The Hall–Kier alpha value is -3.50.